The number of rotatable bonds is 4. The van der Waals surface area contributed by atoms with E-state index in [1.807, 2.05) is 11.8 Å². The maximum atomic E-state index is 12.8. The summed E-state index contributed by atoms with van der Waals surface area (Å²) in [6, 6.07) is 8.61. The van der Waals surface area contributed by atoms with Gasteiger partial charge in [0.1, 0.15) is 0 Å². The highest BCUT2D eigenvalue weighted by atomic mass is 16.3. The zero-order chi connectivity index (χ0) is 18.9. The van der Waals surface area contributed by atoms with E-state index in [1.54, 1.807) is 6.92 Å². The van der Waals surface area contributed by atoms with Crippen molar-refractivity contribution in [1.82, 2.24) is 15.5 Å². The first-order chi connectivity index (χ1) is 12.3. The lowest BCUT2D eigenvalue weighted by Crippen LogP contribution is -2.49. The summed E-state index contributed by atoms with van der Waals surface area (Å²) in [6.45, 7) is 7.20. The fourth-order valence-corrected chi connectivity index (χ4v) is 4.21. The predicted molar refractivity (Wildman–Crippen MR) is 99.2 cm³/mol. The molecule has 0 bridgehead atoms. The number of carbonyl (C=O) groups excluding carboxylic acids is 2. The Morgan fingerprint density at radius 1 is 1.38 bits per heavy atom. The largest absolute Gasteiger partial charge is 0.361 e. The normalized spacial score (nSPS) is 28.1. The maximum absolute atomic E-state index is 12.8. The number of piperidine rings is 1. The van der Waals surface area contributed by atoms with Gasteiger partial charge in [-0.2, -0.15) is 0 Å². The van der Waals surface area contributed by atoms with E-state index in [2.05, 4.69) is 41.8 Å². The van der Waals surface area contributed by atoms with Crippen molar-refractivity contribution >= 4 is 11.8 Å². The molecule has 0 radical (unpaired) electrons. The highest BCUT2D eigenvalue weighted by Gasteiger charge is 2.44. The fourth-order valence-electron chi connectivity index (χ4n) is 4.21. The van der Waals surface area contributed by atoms with Gasteiger partial charge in [-0.1, -0.05) is 36.8 Å². The Labute approximate surface area is 155 Å². The van der Waals surface area contributed by atoms with Gasteiger partial charge >= 0.3 is 0 Å². The molecular weight excluding hydrogens is 330 g/mol. The number of aliphatic hydroxyl groups excluding tert-OH is 1. The van der Waals surface area contributed by atoms with Crippen LogP contribution in [0.4, 0.5) is 0 Å². The number of nitrogens with zero attached hydrogens (tertiary/aromatic N) is 1. The first-order valence-corrected chi connectivity index (χ1v) is 9.40. The zero-order valence-electron chi connectivity index (χ0n) is 15.8. The predicted octanol–water partition coefficient (Wildman–Crippen LogP) is 1.48. The molecule has 1 aromatic rings. The molecule has 0 spiro atoms. The van der Waals surface area contributed by atoms with Crippen LogP contribution in [0.3, 0.4) is 0 Å². The molecule has 2 saturated heterocycles. The van der Waals surface area contributed by atoms with Crippen LogP contribution in [0, 0.1) is 12.8 Å². The van der Waals surface area contributed by atoms with E-state index in [0.717, 1.165) is 25.9 Å². The highest BCUT2D eigenvalue weighted by Crippen LogP contribution is 2.30. The van der Waals surface area contributed by atoms with Gasteiger partial charge in [0.25, 0.3) is 0 Å². The van der Waals surface area contributed by atoms with E-state index in [9.17, 15) is 14.7 Å². The lowest BCUT2D eigenvalue weighted by atomic mass is 9.86. The minimum absolute atomic E-state index is 0.0879. The molecule has 142 valence electrons. The van der Waals surface area contributed by atoms with Crippen molar-refractivity contribution in [2.24, 2.45) is 5.92 Å². The standard InChI is InChI=1S/C20H29N3O3/c1-13-5-4-6-16(11-13)15-7-9-23(10-8-15)17(24)14(2)12-20(3)18(25)21-19(26)22-20/h4-6,11,14-15,19,22,26H,7-10,12H2,1-3H3,(H,21,25)/t14-,19?,20+/m0/s1. The average Bonchev–Trinajstić information content (AvgIpc) is 2.86. The van der Waals surface area contributed by atoms with Gasteiger partial charge in [-0.3, -0.25) is 14.9 Å². The molecule has 0 aliphatic carbocycles. The molecule has 3 atom stereocenters. The molecule has 2 aliphatic rings. The lowest BCUT2D eigenvalue weighted by Gasteiger charge is -2.35. The lowest BCUT2D eigenvalue weighted by molar-refractivity contribution is -0.137. The summed E-state index contributed by atoms with van der Waals surface area (Å²) in [4.78, 5) is 26.7. The molecule has 2 heterocycles. The van der Waals surface area contributed by atoms with Crippen LogP contribution >= 0.6 is 0 Å². The molecule has 6 heteroatoms. The van der Waals surface area contributed by atoms with Crippen molar-refractivity contribution in [3.63, 3.8) is 0 Å². The van der Waals surface area contributed by atoms with Crippen LogP contribution < -0.4 is 10.6 Å². The molecular formula is C20H29N3O3. The number of amides is 2. The molecule has 1 aromatic carbocycles. The number of hydrogen-bond donors (Lipinski definition) is 3. The summed E-state index contributed by atoms with van der Waals surface area (Å²) in [5, 5.41) is 14.8. The van der Waals surface area contributed by atoms with Gasteiger partial charge in [-0.05, 0) is 44.6 Å². The molecule has 2 fully saturated rings. The zero-order valence-corrected chi connectivity index (χ0v) is 15.8. The van der Waals surface area contributed by atoms with E-state index >= 15 is 0 Å². The van der Waals surface area contributed by atoms with Gasteiger partial charge in [-0.15, -0.1) is 0 Å². The first-order valence-electron chi connectivity index (χ1n) is 9.40. The topological polar surface area (TPSA) is 81.7 Å². The smallest absolute Gasteiger partial charge is 0.243 e. The number of nitrogens with one attached hydrogen (secondary N) is 2. The Balaban J connectivity index is 1.55. The molecule has 3 N–H and O–H groups in total. The Hall–Kier alpha value is -1.92. The van der Waals surface area contributed by atoms with E-state index < -0.39 is 11.9 Å². The van der Waals surface area contributed by atoms with E-state index in [1.165, 1.54) is 11.1 Å². The number of aryl methyl sites for hydroxylation is 1. The number of carbonyl (C=O) groups is 2. The van der Waals surface area contributed by atoms with Crippen LogP contribution in [0.5, 0.6) is 0 Å². The van der Waals surface area contributed by atoms with Gasteiger partial charge in [0.15, 0.2) is 6.35 Å². The molecule has 0 aromatic heterocycles. The summed E-state index contributed by atoms with van der Waals surface area (Å²) < 4.78 is 0. The summed E-state index contributed by atoms with van der Waals surface area (Å²) in [6.07, 6.45) is 1.26. The summed E-state index contributed by atoms with van der Waals surface area (Å²) in [7, 11) is 0. The summed E-state index contributed by atoms with van der Waals surface area (Å²) >= 11 is 0. The Morgan fingerprint density at radius 3 is 2.65 bits per heavy atom. The van der Waals surface area contributed by atoms with Crippen molar-refractivity contribution in [2.75, 3.05) is 13.1 Å². The average molecular weight is 359 g/mol. The van der Waals surface area contributed by atoms with E-state index in [0.29, 0.717) is 12.3 Å². The second kappa shape index (κ2) is 7.37. The van der Waals surface area contributed by atoms with Gasteiger partial charge in [0, 0.05) is 19.0 Å². The number of hydrogen-bond acceptors (Lipinski definition) is 4. The minimum atomic E-state index is -1.04. The first kappa shape index (κ1) is 18.9. The quantitative estimate of drug-likeness (QED) is 0.761. The van der Waals surface area contributed by atoms with Crippen LogP contribution in [0.2, 0.25) is 0 Å². The third-order valence-corrected chi connectivity index (χ3v) is 5.68. The number of aliphatic hydroxyl groups is 1. The second-order valence-electron chi connectivity index (χ2n) is 7.97. The molecule has 0 saturated carbocycles. The van der Waals surface area contributed by atoms with Gasteiger partial charge < -0.3 is 15.3 Å². The highest BCUT2D eigenvalue weighted by molar-refractivity contribution is 5.89. The summed E-state index contributed by atoms with van der Waals surface area (Å²) in [5.41, 5.74) is 1.72. The number of benzene rings is 1. The molecule has 6 nitrogen and oxygen atoms in total. The monoisotopic (exact) mass is 359 g/mol. The molecule has 1 unspecified atom stereocenters. The molecule has 26 heavy (non-hydrogen) atoms. The number of likely N-dealkylation sites (tertiary alicyclic amines) is 1. The van der Waals surface area contributed by atoms with Crippen LogP contribution in [0.1, 0.15) is 50.2 Å². The minimum Gasteiger partial charge on any atom is -0.361 e. The Bertz CT molecular complexity index is 685. The van der Waals surface area contributed by atoms with Crippen molar-refractivity contribution in [1.29, 1.82) is 0 Å². The van der Waals surface area contributed by atoms with Crippen molar-refractivity contribution in [2.45, 2.75) is 57.8 Å². The van der Waals surface area contributed by atoms with Crippen molar-refractivity contribution < 1.29 is 14.7 Å². The maximum Gasteiger partial charge on any atom is 0.243 e. The van der Waals surface area contributed by atoms with Crippen LogP contribution in [0.15, 0.2) is 24.3 Å². The van der Waals surface area contributed by atoms with E-state index in [4.69, 9.17) is 0 Å². The Kier molecular flexibility index (Phi) is 5.34. The van der Waals surface area contributed by atoms with Crippen LogP contribution in [-0.2, 0) is 9.59 Å². The third kappa shape index (κ3) is 3.91. The fraction of sp³-hybridized carbons (Fsp3) is 0.600. The van der Waals surface area contributed by atoms with Crippen LogP contribution in [-0.4, -0.2) is 46.8 Å². The molecule has 3 rings (SSSR count). The summed E-state index contributed by atoms with van der Waals surface area (Å²) in [5.74, 6) is 0.0518. The SMILES string of the molecule is Cc1cccc(C2CCN(C(=O)[C@@H](C)C[C@@]3(C)NC(O)NC3=O)CC2)c1. The van der Waals surface area contributed by atoms with Crippen molar-refractivity contribution in [3.05, 3.63) is 35.4 Å². The van der Waals surface area contributed by atoms with Crippen molar-refractivity contribution in [3.8, 4) is 0 Å². The Morgan fingerprint density at radius 2 is 2.08 bits per heavy atom. The van der Waals surface area contributed by atoms with Gasteiger partial charge in [-0.25, -0.2) is 0 Å². The van der Waals surface area contributed by atoms with Gasteiger partial charge in [0.2, 0.25) is 11.8 Å². The molecule has 2 amide bonds. The third-order valence-electron chi connectivity index (χ3n) is 5.68. The van der Waals surface area contributed by atoms with Gasteiger partial charge in [0.05, 0.1) is 5.54 Å². The van der Waals surface area contributed by atoms with E-state index in [-0.39, 0.29) is 17.7 Å². The molecule has 2 aliphatic heterocycles. The second-order valence-corrected chi connectivity index (χ2v) is 7.97. The van der Waals surface area contributed by atoms with Crippen LogP contribution in [0.25, 0.3) is 0 Å².